The first-order valence-electron chi connectivity index (χ1n) is 7.83. The average Bonchev–Trinajstić information content (AvgIpc) is 3.05. The summed E-state index contributed by atoms with van der Waals surface area (Å²) in [6.07, 6.45) is 6.91. The topological polar surface area (TPSA) is 58.4 Å². The fraction of sp³-hybridized carbons (Fsp3) is 0.933. The summed E-state index contributed by atoms with van der Waals surface area (Å²) in [5.41, 5.74) is 5.06. The van der Waals surface area contributed by atoms with Gasteiger partial charge in [0.15, 0.2) is 0 Å². The van der Waals surface area contributed by atoms with Crippen LogP contribution in [0.15, 0.2) is 0 Å². The van der Waals surface area contributed by atoms with E-state index in [-0.39, 0.29) is 5.91 Å². The first kappa shape index (κ1) is 14.8. The maximum atomic E-state index is 11.7. The zero-order valence-electron chi connectivity index (χ0n) is 12.5. The van der Waals surface area contributed by atoms with Crippen molar-refractivity contribution in [1.29, 1.82) is 0 Å². The van der Waals surface area contributed by atoms with Crippen molar-refractivity contribution in [2.24, 2.45) is 11.7 Å². The Hall–Kier alpha value is -0.610. The van der Waals surface area contributed by atoms with Crippen LogP contribution in [-0.4, -0.2) is 42.0 Å². The normalized spacial score (nSPS) is 27.4. The van der Waals surface area contributed by atoms with E-state index in [2.05, 4.69) is 17.1 Å². The predicted molar refractivity (Wildman–Crippen MR) is 77.8 cm³/mol. The van der Waals surface area contributed by atoms with Crippen molar-refractivity contribution in [2.45, 2.75) is 64.0 Å². The summed E-state index contributed by atoms with van der Waals surface area (Å²) in [5.74, 6) is 0.680. The Balaban J connectivity index is 1.71. The zero-order valence-corrected chi connectivity index (χ0v) is 12.5. The highest BCUT2D eigenvalue weighted by Crippen LogP contribution is 2.25. The molecule has 110 valence electrons. The molecule has 0 aromatic carbocycles. The van der Waals surface area contributed by atoms with E-state index >= 15 is 0 Å². The highest BCUT2D eigenvalue weighted by atomic mass is 16.1. The first-order valence-corrected chi connectivity index (χ1v) is 7.83. The molecule has 0 spiro atoms. The second kappa shape index (κ2) is 6.23. The largest absolute Gasteiger partial charge is 0.368 e. The lowest BCUT2D eigenvalue weighted by Crippen LogP contribution is -2.54. The highest BCUT2D eigenvalue weighted by Gasteiger charge is 2.36. The SMILES string of the molecule is CCC1CCN(CCCC(C)(NC2CC2)C(N)=O)C1. The van der Waals surface area contributed by atoms with E-state index in [1.165, 1.54) is 38.8 Å². The van der Waals surface area contributed by atoms with E-state index in [0.29, 0.717) is 6.04 Å². The van der Waals surface area contributed by atoms with E-state index in [4.69, 9.17) is 5.73 Å². The third-order valence-corrected chi connectivity index (χ3v) is 4.74. The van der Waals surface area contributed by atoms with Gasteiger partial charge >= 0.3 is 0 Å². The van der Waals surface area contributed by atoms with Crippen LogP contribution >= 0.6 is 0 Å². The molecule has 2 unspecified atom stereocenters. The van der Waals surface area contributed by atoms with E-state index in [0.717, 1.165) is 25.3 Å². The highest BCUT2D eigenvalue weighted by molar-refractivity contribution is 5.84. The van der Waals surface area contributed by atoms with Gasteiger partial charge in [-0.1, -0.05) is 13.3 Å². The number of nitrogens with two attached hydrogens (primary N) is 1. The van der Waals surface area contributed by atoms with Crippen LogP contribution in [0.5, 0.6) is 0 Å². The number of primary amides is 1. The molecule has 1 amide bonds. The van der Waals surface area contributed by atoms with E-state index in [1.807, 2.05) is 6.92 Å². The van der Waals surface area contributed by atoms with Crippen LogP contribution in [0.3, 0.4) is 0 Å². The third-order valence-electron chi connectivity index (χ3n) is 4.74. The number of hydrogen-bond donors (Lipinski definition) is 2. The summed E-state index contributed by atoms with van der Waals surface area (Å²) in [6, 6.07) is 0.522. The average molecular weight is 267 g/mol. The summed E-state index contributed by atoms with van der Waals surface area (Å²) in [5, 5.41) is 3.42. The molecule has 4 nitrogen and oxygen atoms in total. The van der Waals surface area contributed by atoms with Crippen molar-refractivity contribution < 1.29 is 4.79 Å². The molecule has 1 aliphatic carbocycles. The number of carbonyl (C=O) groups is 1. The predicted octanol–water partition coefficient (Wildman–Crippen LogP) is 1.49. The minimum absolute atomic E-state index is 0.202. The summed E-state index contributed by atoms with van der Waals surface area (Å²) in [7, 11) is 0. The molecule has 1 saturated heterocycles. The van der Waals surface area contributed by atoms with Crippen LogP contribution in [0.2, 0.25) is 0 Å². The van der Waals surface area contributed by atoms with Crippen LogP contribution in [0.4, 0.5) is 0 Å². The van der Waals surface area contributed by atoms with Gasteiger partial charge in [0.2, 0.25) is 5.91 Å². The number of nitrogens with one attached hydrogen (secondary N) is 1. The number of carbonyl (C=O) groups excluding carboxylic acids is 1. The Kier molecular flexibility index (Phi) is 4.85. The van der Waals surface area contributed by atoms with Crippen molar-refractivity contribution in [3.05, 3.63) is 0 Å². The molecule has 1 saturated carbocycles. The number of nitrogens with zero attached hydrogens (tertiary/aromatic N) is 1. The number of amides is 1. The van der Waals surface area contributed by atoms with Crippen molar-refractivity contribution in [2.75, 3.05) is 19.6 Å². The van der Waals surface area contributed by atoms with Gasteiger partial charge < -0.3 is 16.0 Å². The van der Waals surface area contributed by atoms with Gasteiger partial charge in [-0.2, -0.15) is 0 Å². The Morgan fingerprint density at radius 1 is 1.42 bits per heavy atom. The summed E-state index contributed by atoms with van der Waals surface area (Å²) >= 11 is 0. The standard InChI is InChI=1S/C15H29N3O/c1-3-12-7-10-18(11-12)9-4-8-15(2,14(16)19)17-13-5-6-13/h12-13,17H,3-11H2,1-2H3,(H2,16,19). The second-order valence-corrected chi connectivity index (χ2v) is 6.58. The molecule has 3 N–H and O–H groups in total. The summed E-state index contributed by atoms with van der Waals surface area (Å²) in [4.78, 5) is 14.2. The summed E-state index contributed by atoms with van der Waals surface area (Å²) < 4.78 is 0. The number of hydrogen-bond acceptors (Lipinski definition) is 3. The van der Waals surface area contributed by atoms with E-state index in [9.17, 15) is 4.79 Å². The lowest BCUT2D eigenvalue weighted by Gasteiger charge is -2.28. The van der Waals surface area contributed by atoms with Crippen LogP contribution in [-0.2, 0) is 4.79 Å². The fourth-order valence-electron chi connectivity index (χ4n) is 3.05. The maximum absolute atomic E-state index is 11.7. The van der Waals surface area contributed by atoms with Crippen molar-refractivity contribution in [1.82, 2.24) is 10.2 Å². The molecule has 2 fully saturated rings. The summed E-state index contributed by atoms with van der Waals surface area (Å²) in [6.45, 7) is 7.80. The van der Waals surface area contributed by atoms with Gasteiger partial charge in [0.05, 0.1) is 5.54 Å². The second-order valence-electron chi connectivity index (χ2n) is 6.58. The Morgan fingerprint density at radius 3 is 2.68 bits per heavy atom. The van der Waals surface area contributed by atoms with Gasteiger partial charge in [-0.3, -0.25) is 4.79 Å². The Morgan fingerprint density at radius 2 is 2.16 bits per heavy atom. The molecule has 0 bridgehead atoms. The molecule has 1 aliphatic heterocycles. The van der Waals surface area contributed by atoms with Gasteiger partial charge in [0, 0.05) is 12.6 Å². The molecule has 2 rings (SSSR count). The maximum Gasteiger partial charge on any atom is 0.237 e. The van der Waals surface area contributed by atoms with Gasteiger partial charge in [-0.25, -0.2) is 0 Å². The Bertz CT molecular complexity index is 317. The van der Waals surface area contributed by atoms with Crippen molar-refractivity contribution in [3.63, 3.8) is 0 Å². The van der Waals surface area contributed by atoms with E-state index in [1.54, 1.807) is 0 Å². The molecule has 2 aliphatic rings. The molecule has 0 radical (unpaired) electrons. The molecule has 0 aromatic heterocycles. The Labute approximate surface area is 117 Å². The molecular formula is C15H29N3O. The number of rotatable bonds is 8. The monoisotopic (exact) mass is 267 g/mol. The molecular weight excluding hydrogens is 238 g/mol. The van der Waals surface area contributed by atoms with Crippen molar-refractivity contribution >= 4 is 5.91 Å². The van der Waals surface area contributed by atoms with E-state index < -0.39 is 5.54 Å². The van der Waals surface area contributed by atoms with Crippen LogP contribution in [0, 0.1) is 5.92 Å². The van der Waals surface area contributed by atoms with Crippen LogP contribution < -0.4 is 11.1 Å². The van der Waals surface area contributed by atoms with Gasteiger partial charge in [0.1, 0.15) is 0 Å². The minimum Gasteiger partial charge on any atom is -0.368 e. The fourth-order valence-corrected chi connectivity index (χ4v) is 3.05. The minimum atomic E-state index is -0.509. The van der Waals surface area contributed by atoms with Gasteiger partial charge in [-0.05, 0) is 58.0 Å². The molecule has 2 atom stereocenters. The van der Waals surface area contributed by atoms with Crippen LogP contribution in [0.25, 0.3) is 0 Å². The number of likely N-dealkylation sites (tertiary alicyclic amines) is 1. The van der Waals surface area contributed by atoms with Crippen molar-refractivity contribution in [3.8, 4) is 0 Å². The lowest BCUT2D eigenvalue weighted by molar-refractivity contribution is -0.124. The molecule has 19 heavy (non-hydrogen) atoms. The lowest BCUT2D eigenvalue weighted by atomic mass is 9.94. The molecule has 4 heteroatoms. The third kappa shape index (κ3) is 4.18. The zero-order chi connectivity index (χ0) is 13.9. The smallest absolute Gasteiger partial charge is 0.237 e. The van der Waals surface area contributed by atoms with Crippen LogP contribution in [0.1, 0.15) is 52.4 Å². The van der Waals surface area contributed by atoms with Gasteiger partial charge in [-0.15, -0.1) is 0 Å². The molecule has 1 heterocycles. The van der Waals surface area contributed by atoms with Gasteiger partial charge in [0.25, 0.3) is 0 Å². The first-order chi connectivity index (χ1) is 9.03. The quantitative estimate of drug-likeness (QED) is 0.700. The molecule has 0 aromatic rings.